The molecule has 0 atom stereocenters. The Bertz CT molecular complexity index is 671. The summed E-state index contributed by atoms with van der Waals surface area (Å²) in [6.07, 6.45) is 4.60. The number of hydrogen-bond donors (Lipinski definition) is 0. The second-order valence-electron chi connectivity index (χ2n) is 4.74. The van der Waals surface area contributed by atoms with Crippen molar-refractivity contribution in [1.82, 2.24) is 29.5 Å². The lowest BCUT2D eigenvalue weighted by atomic mass is 10.3. The Morgan fingerprint density at radius 3 is 3.00 bits per heavy atom. The van der Waals surface area contributed by atoms with E-state index in [4.69, 9.17) is 0 Å². The molecule has 3 heterocycles. The van der Waals surface area contributed by atoms with Crippen LogP contribution in [0.3, 0.4) is 0 Å². The monoisotopic (exact) mass is 288 g/mol. The molecule has 0 spiro atoms. The molecule has 0 unspecified atom stereocenters. The van der Waals surface area contributed by atoms with E-state index in [0.717, 1.165) is 31.0 Å². The van der Waals surface area contributed by atoms with Gasteiger partial charge in [-0.05, 0) is 26.5 Å². The SMILES string of the molecule is Cc1ncsc1CCN(C)Cc1nc2ncccn2n1. The lowest BCUT2D eigenvalue weighted by Gasteiger charge is -2.13. The topological polar surface area (TPSA) is 59.2 Å². The minimum atomic E-state index is 0.647. The molecule has 0 N–H and O–H groups in total. The molecular formula is C13H16N6S. The molecule has 0 fully saturated rings. The fourth-order valence-electron chi connectivity index (χ4n) is 2.02. The van der Waals surface area contributed by atoms with Gasteiger partial charge < -0.3 is 0 Å². The number of aromatic nitrogens is 5. The zero-order valence-electron chi connectivity index (χ0n) is 11.5. The van der Waals surface area contributed by atoms with Crippen LogP contribution in [0.15, 0.2) is 24.0 Å². The summed E-state index contributed by atoms with van der Waals surface area (Å²) in [5, 5.41) is 4.41. The van der Waals surface area contributed by atoms with Crippen molar-refractivity contribution in [3.05, 3.63) is 40.4 Å². The van der Waals surface area contributed by atoms with Gasteiger partial charge in [0.15, 0.2) is 5.82 Å². The van der Waals surface area contributed by atoms with E-state index in [1.54, 1.807) is 22.0 Å². The van der Waals surface area contributed by atoms with E-state index in [1.165, 1.54) is 4.88 Å². The molecule has 3 aromatic rings. The highest BCUT2D eigenvalue weighted by molar-refractivity contribution is 7.09. The molecular weight excluding hydrogens is 272 g/mol. The number of fused-ring (bicyclic) bond motifs is 1. The van der Waals surface area contributed by atoms with Crippen LogP contribution in [0.4, 0.5) is 0 Å². The van der Waals surface area contributed by atoms with Gasteiger partial charge in [-0.2, -0.15) is 4.98 Å². The summed E-state index contributed by atoms with van der Waals surface area (Å²) in [7, 11) is 2.08. The van der Waals surface area contributed by atoms with Gasteiger partial charge in [-0.15, -0.1) is 16.4 Å². The maximum absolute atomic E-state index is 4.41. The Labute approximate surface area is 121 Å². The summed E-state index contributed by atoms with van der Waals surface area (Å²) >= 11 is 1.72. The quantitative estimate of drug-likeness (QED) is 0.713. The smallest absolute Gasteiger partial charge is 0.252 e. The Kier molecular flexibility index (Phi) is 3.70. The normalized spacial score (nSPS) is 11.6. The van der Waals surface area contributed by atoms with Gasteiger partial charge in [0.2, 0.25) is 0 Å². The van der Waals surface area contributed by atoms with Crippen molar-refractivity contribution in [2.24, 2.45) is 0 Å². The molecule has 0 aliphatic carbocycles. The third kappa shape index (κ3) is 2.83. The first-order valence-electron chi connectivity index (χ1n) is 6.46. The molecule has 0 aliphatic rings. The van der Waals surface area contributed by atoms with E-state index < -0.39 is 0 Å². The van der Waals surface area contributed by atoms with E-state index in [9.17, 15) is 0 Å². The van der Waals surface area contributed by atoms with Crippen molar-refractivity contribution < 1.29 is 0 Å². The molecule has 6 nitrogen and oxygen atoms in total. The summed E-state index contributed by atoms with van der Waals surface area (Å²) in [6.45, 7) is 3.74. The lowest BCUT2D eigenvalue weighted by Crippen LogP contribution is -2.21. The predicted molar refractivity (Wildman–Crippen MR) is 77.7 cm³/mol. The third-order valence-electron chi connectivity index (χ3n) is 3.14. The van der Waals surface area contributed by atoms with Gasteiger partial charge in [-0.3, -0.25) is 4.90 Å². The third-order valence-corrected chi connectivity index (χ3v) is 4.13. The van der Waals surface area contributed by atoms with Crippen molar-refractivity contribution in [3.8, 4) is 0 Å². The minimum Gasteiger partial charge on any atom is -0.299 e. The van der Waals surface area contributed by atoms with Crippen LogP contribution in [0, 0.1) is 6.92 Å². The van der Waals surface area contributed by atoms with Gasteiger partial charge >= 0.3 is 0 Å². The molecule has 20 heavy (non-hydrogen) atoms. The molecule has 0 bridgehead atoms. The van der Waals surface area contributed by atoms with E-state index in [-0.39, 0.29) is 0 Å². The Morgan fingerprint density at radius 2 is 2.25 bits per heavy atom. The number of aryl methyl sites for hydroxylation is 1. The van der Waals surface area contributed by atoms with E-state index in [0.29, 0.717) is 5.78 Å². The van der Waals surface area contributed by atoms with Crippen molar-refractivity contribution in [2.75, 3.05) is 13.6 Å². The van der Waals surface area contributed by atoms with Crippen LogP contribution in [0.25, 0.3) is 5.78 Å². The Morgan fingerprint density at radius 1 is 1.35 bits per heavy atom. The highest BCUT2D eigenvalue weighted by Gasteiger charge is 2.08. The number of likely N-dealkylation sites (N-methyl/N-ethyl adjacent to an activating group) is 1. The molecule has 7 heteroatoms. The van der Waals surface area contributed by atoms with Crippen LogP contribution < -0.4 is 0 Å². The highest BCUT2D eigenvalue weighted by Crippen LogP contribution is 2.13. The maximum Gasteiger partial charge on any atom is 0.252 e. The van der Waals surface area contributed by atoms with Gasteiger partial charge in [0.1, 0.15) is 0 Å². The zero-order chi connectivity index (χ0) is 13.9. The standard InChI is InChI=1S/C13H16N6S/c1-10-11(20-9-15-10)4-7-18(2)8-12-16-13-14-5-3-6-19(13)17-12/h3,5-6,9H,4,7-8H2,1-2H3. The minimum absolute atomic E-state index is 0.647. The van der Waals surface area contributed by atoms with Crippen molar-refractivity contribution in [1.29, 1.82) is 0 Å². The van der Waals surface area contributed by atoms with Crippen LogP contribution in [-0.4, -0.2) is 43.1 Å². The first-order valence-corrected chi connectivity index (χ1v) is 7.34. The Hall–Kier alpha value is -1.86. The summed E-state index contributed by atoms with van der Waals surface area (Å²) in [5.74, 6) is 1.45. The van der Waals surface area contributed by atoms with Crippen LogP contribution >= 0.6 is 11.3 Å². The summed E-state index contributed by atoms with van der Waals surface area (Å²) in [4.78, 5) is 16.4. The van der Waals surface area contributed by atoms with E-state index >= 15 is 0 Å². The van der Waals surface area contributed by atoms with Crippen LogP contribution in [0.2, 0.25) is 0 Å². The van der Waals surface area contributed by atoms with E-state index in [1.807, 2.05) is 17.8 Å². The van der Waals surface area contributed by atoms with Crippen molar-refractivity contribution in [3.63, 3.8) is 0 Å². The molecule has 104 valence electrons. The number of nitrogens with zero attached hydrogens (tertiary/aromatic N) is 6. The van der Waals surface area contributed by atoms with Crippen LogP contribution in [0.5, 0.6) is 0 Å². The molecule has 0 saturated heterocycles. The number of thiazole rings is 1. The molecule has 0 aromatic carbocycles. The van der Waals surface area contributed by atoms with Gasteiger partial charge in [0, 0.05) is 23.8 Å². The molecule has 0 amide bonds. The number of hydrogen-bond acceptors (Lipinski definition) is 6. The summed E-state index contributed by atoms with van der Waals surface area (Å²) in [6, 6.07) is 1.85. The Balaban J connectivity index is 1.61. The van der Waals surface area contributed by atoms with Gasteiger partial charge in [0.05, 0.1) is 17.7 Å². The average Bonchev–Trinajstić information content (AvgIpc) is 3.01. The number of rotatable bonds is 5. The molecule has 0 radical (unpaired) electrons. The molecule has 0 saturated carbocycles. The van der Waals surface area contributed by atoms with Gasteiger partial charge in [0.25, 0.3) is 5.78 Å². The average molecular weight is 288 g/mol. The lowest BCUT2D eigenvalue weighted by molar-refractivity contribution is 0.323. The highest BCUT2D eigenvalue weighted by atomic mass is 32.1. The van der Waals surface area contributed by atoms with Crippen molar-refractivity contribution in [2.45, 2.75) is 19.9 Å². The second-order valence-corrected chi connectivity index (χ2v) is 5.68. The first kappa shape index (κ1) is 13.1. The fourth-order valence-corrected chi connectivity index (χ4v) is 2.79. The zero-order valence-corrected chi connectivity index (χ0v) is 12.3. The van der Waals surface area contributed by atoms with Crippen LogP contribution in [-0.2, 0) is 13.0 Å². The molecule has 0 aliphatic heterocycles. The maximum atomic E-state index is 4.41. The summed E-state index contributed by atoms with van der Waals surface area (Å²) < 4.78 is 1.70. The predicted octanol–water partition coefficient (Wildman–Crippen LogP) is 1.56. The molecule has 3 rings (SSSR count). The van der Waals surface area contributed by atoms with Crippen LogP contribution in [0.1, 0.15) is 16.4 Å². The first-order chi connectivity index (χ1) is 9.72. The summed E-state index contributed by atoms with van der Waals surface area (Å²) in [5.41, 5.74) is 3.04. The van der Waals surface area contributed by atoms with Crippen molar-refractivity contribution >= 4 is 17.1 Å². The van der Waals surface area contributed by atoms with Gasteiger partial charge in [-0.1, -0.05) is 0 Å². The molecule has 3 aromatic heterocycles. The second kappa shape index (κ2) is 5.64. The largest absolute Gasteiger partial charge is 0.299 e. The van der Waals surface area contributed by atoms with Gasteiger partial charge in [-0.25, -0.2) is 14.5 Å². The van der Waals surface area contributed by atoms with E-state index in [2.05, 4.69) is 38.9 Å². The fraction of sp³-hybridized carbons (Fsp3) is 0.385.